The minimum Gasteiger partial charge on any atom is -0.508 e. The molecule has 0 aliphatic rings. The smallest absolute Gasteiger partial charge is 0.339 e. The second-order valence-electron chi connectivity index (χ2n) is 3.98. The molecule has 3 aromatic rings. The molecule has 19 heavy (non-hydrogen) atoms. The van der Waals surface area contributed by atoms with Crippen molar-refractivity contribution in [3.8, 4) is 17.1 Å². The number of carboxylic acids is 1. The standard InChI is InChI=1S/C13H9N3O3/c17-9-5-3-8(4-6-9)11-14-12-10(13(18)19)2-1-7-16(12)15-11/h1-7,17H,(H,18,19). The maximum absolute atomic E-state index is 11.1. The van der Waals surface area contributed by atoms with Crippen LogP contribution in [0.1, 0.15) is 10.4 Å². The summed E-state index contributed by atoms with van der Waals surface area (Å²) in [6.07, 6.45) is 1.64. The number of carbonyl (C=O) groups is 1. The van der Waals surface area contributed by atoms with Crippen LogP contribution in [0.3, 0.4) is 0 Å². The maximum Gasteiger partial charge on any atom is 0.339 e. The lowest BCUT2D eigenvalue weighted by Crippen LogP contribution is -2.00. The molecular formula is C13H9N3O3. The number of aromatic carboxylic acids is 1. The van der Waals surface area contributed by atoms with Crippen molar-refractivity contribution in [2.75, 3.05) is 0 Å². The maximum atomic E-state index is 11.1. The van der Waals surface area contributed by atoms with E-state index >= 15 is 0 Å². The minimum absolute atomic E-state index is 0.0972. The zero-order chi connectivity index (χ0) is 13.4. The summed E-state index contributed by atoms with van der Waals surface area (Å²) in [5.74, 6) is -0.484. The van der Waals surface area contributed by atoms with Crippen LogP contribution in [0.15, 0.2) is 42.6 Å². The van der Waals surface area contributed by atoms with Crippen molar-refractivity contribution < 1.29 is 15.0 Å². The molecule has 0 saturated carbocycles. The lowest BCUT2D eigenvalue weighted by Gasteiger charge is -1.94. The number of aromatic nitrogens is 3. The highest BCUT2D eigenvalue weighted by Crippen LogP contribution is 2.20. The van der Waals surface area contributed by atoms with Crippen LogP contribution in [0.4, 0.5) is 0 Å². The highest BCUT2D eigenvalue weighted by Gasteiger charge is 2.13. The third kappa shape index (κ3) is 1.89. The Bertz CT molecular complexity index is 762. The Kier molecular flexibility index (Phi) is 2.42. The van der Waals surface area contributed by atoms with Crippen molar-refractivity contribution in [1.82, 2.24) is 14.6 Å². The van der Waals surface area contributed by atoms with Crippen LogP contribution in [-0.4, -0.2) is 30.8 Å². The quantitative estimate of drug-likeness (QED) is 0.729. The Morgan fingerprint density at radius 1 is 1.16 bits per heavy atom. The van der Waals surface area contributed by atoms with Gasteiger partial charge in [-0.05, 0) is 36.4 Å². The van der Waals surface area contributed by atoms with E-state index in [4.69, 9.17) is 5.11 Å². The van der Waals surface area contributed by atoms with Crippen LogP contribution in [-0.2, 0) is 0 Å². The molecule has 6 nitrogen and oxygen atoms in total. The number of nitrogens with zero attached hydrogens (tertiary/aromatic N) is 3. The van der Waals surface area contributed by atoms with Crippen LogP contribution in [0.25, 0.3) is 17.0 Å². The van der Waals surface area contributed by atoms with Gasteiger partial charge in [-0.1, -0.05) is 0 Å². The number of phenols is 1. The van der Waals surface area contributed by atoms with Crippen molar-refractivity contribution in [2.24, 2.45) is 0 Å². The van der Waals surface area contributed by atoms with Crippen LogP contribution in [0.5, 0.6) is 5.75 Å². The summed E-state index contributed by atoms with van der Waals surface area (Å²) in [6, 6.07) is 9.48. The van der Waals surface area contributed by atoms with Crippen LogP contribution < -0.4 is 0 Å². The molecule has 6 heteroatoms. The van der Waals surface area contributed by atoms with Gasteiger partial charge in [0.25, 0.3) is 0 Å². The summed E-state index contributed by atoms with van der Waals surface area (Å²) >= 11 is 0. The fourth-order valence-electron chi connectivity index (χ4n) is 1.81. The fraction of sp³-hybridized carbons (Fsp3) is 0. The van der Waals surface area contributed by atoms with Gasteiger partial charge in [0.15, 0.2) is 11.5 Å². The average molecular weight is 255 g/mol. The van der Waals surface area contributed by atoms with Gasteiger partial charge < -0.3 is 10.2 Å². The minimum atomic E-state index is -1.05. The van der Waals surface area contributed by atoms with Crippen molar-refractivity contribution in [3.05, 3.63) is 48.2 Å². The number of hydrogen-bond acceptors (Lipinski definition) is 4. The first-order chi connectivity index (χ1) is 9.15. The molecule has 1 aromatic carbocycles. The Morgan fingerprint density at radius 2 is 1.89 bits per heavy atom. The number of phenolic OH excluding ortho intramolecular Hbond substituents is 1. The first-order valence-electron chi connectivity index (χ1n) is 5.53. The van der Waals surface area contributed by atoms with E-state index in [-0.39, 0.29) is 17.0 Å². The molecule has 2 heterocycles. The van der Waals surface area contributed by atoms with E-state index in [1.54, 1.807) is 24.4 Å². The molecule has 0 unspecified atom stereocenters. The lowest BCUT2D eigenvalue weighted by atomic mass is 10.2. The number of fused-ring (bicyclic) bond motifs is 1. The number of aromatic hydroxyl groups is 1. The van der Waals surface area contributed by atoms with Crippen molar-refractivity contribution in [1.29, 1.82) is 0 Å². The summed E-state index contributed by atoms with van der Waals surface area (Å²) in [5.41, 5.74) is 1.09. The summed E-state index contributed by atoms with van der Waals surface area (Å²) in [5, 5.41) is 22.5. The van der Waals surface area contributed by atoms with Gasteiger partial charge in [-0.3, -0.25) is 0 Å². The van der Waals surface area contributed by atoms with Gasteiger partial charge in [0.2, 0.25) is 0 Å². The highest BCUT2D eigenvalue weighted by molar-refractivity contribution is 5.94. The first-order valence-corrected chi connectivity index (χ1v) is 5.53. The molecule has 0 aliphatic carbocycles. The van der Waals surface area contributed by atoms with E-state index in [9.17, 15) is 9.90 Å². The molecule has 2 aromatic heterocycles. The molecule has 3 rings (SSSR count). The first kappa shape index (κ1) is 11.2. The van der Waals surface area contributed by atoms with E-state index < -0.39 is 5.97 Å². The number of benzene rings is 1. The Balaban J connectivity index is 2.19. The summed E-state index contributed by atoms with van der Waals surface area (Å²) in [6.45, 7) is 0. The SMILES string of the molecule is O=C(O)c1cccn2nc(-c3ccc(O)cc3)nc12. The van der Waals surface area contributed by atoms with Crippen molar-refractivity contribution >= 4 is 11.6 Å². The third-order valence-electron chi connectivity index (χ3n) is 2.72. The molecule has 0 aliphatic heterocycles. The Hall–Kier alpha value is -2.89. The molecule has 0 spiro atoms. The van der Waals surface area contributed by atoms with Crippen molar-refractivity contribution in [3.63, 3.8) is 0 Å². The zero-order valence-corrected chi connectivity index (χ0v) is 9.69. The molecule has 0 radical (unpaired) electrons. The van der Waals surface area contributed by atoms with E-state index in [1.165, 1.54) is 22.7 Å². The largest absolute Gasteiger partial charge is 0.508 e. The van der Waals surface area contributed by atoms with Gasteiger partial charge in [0, 0.05) is 11.8 Å². The van der Waals surface area contributed by atoms with E-state index in [1.807, 2.05) is 0 Å². The fourth-order valence-corrected chi connectivity index (χ4v) is 1.81. The Labute approximate surface area is 107 Å². The Morgan fingerprint density at radius 3 is 2.58 bits per heavy atom. The molecule has 0 saturated heterocycles. The predicted molar refractivity (Wildman–Crippen MR) is 67.0 cm³/mol. The molecule has 0 fully saturated rings. The molecule has 94 valence electrons. The summed E-state index contributed by atoms with van der Waals surface area (Å²) < 4.78 is 1.42. The lowest BCUT2D eigenvalue weighted by molar-refractivity contribution is 0.0698. The van der Waals surface area contributed by atoms with Gasteiger partial charge in [-0.25, -0.2) is 14.3 Å². The molecule has 0 bridgehead atoms. The van der Waals surface area contributed by atoms with Crippen LogP contribution in [0, 0.1) is 0 Å². The molecular weight excluding hydrogens is 246 g/mol. The zero-order valence-electron chi connectivity index (χ0n) is 9.69. The topological polar surface area (TPSA) is 87.7 Å². The second kappa shape index (κ2) is 4.09. The number of rotatable bonds is 2. The van der Waals surface area contributed by atoms with Gasteiger partial charge >= 0.3 is 5.97 Å². The normalized spacial score (nSPS) is 10.7. The number of hydrogen-bond donors (Lipinski definition) is 2. The van der Waals surface area contributed by atoms with E-state index in [0.717, 1.165) is 0 Å². The highest BCUT2D eigenvalue weighted by atomic mass is 16.4. The van der Waals surface area contributed by atoms with Crippen molar-refractivity contribution in [2.45, 2.75) is 0 Å². The monoisotopic (exact) mass is 255 g/mol. The van der Waals surface area contributed by atoms with Crippen LogP contribution >= 0.6 is 0 Å². The molecule has 2 N–H and O–H groups in total. The predicted octanol–water partition coefficient (Wildman–Crippen LogP) is 1.80. The molecule has 0 amide bonds. The summed E-state index contributed by atoms with van der Waals surface area (Å²) in [7, 11) is 0. The van der Waals surface area contributed by atoms with Gasteiger partial charge in [-0.15, -0.1) is 5.10 Å². The number of carboxylic acid groups (broad SMARTS) is 1. The van der Waals surface area contributed by atoms with E-state index in [0.29, 0.717) is 11.4 Å². The van der Waals surface area contributed by atoms with Gasteiger partial charge in [0.1, 0.15) is 11.3 Å². The molecule has 0 atom stereocenters. The summed E-state index contributed by atoms with van der Waals surface area (Å²) in [4.78, 5) is 15.3. The number of pyridine rings is 1. The van der Waals surface area contributed by atoms with E-state index in [2.05, 4.69) is 10.1 Å². The second-order valence-corrected chi connectivity index (χ2v) is 3.98. The van der Waals surface area contributed by atoms with Crippen LogP contribution in [0.2, 0.25) is 0 Å². The van der Waals surface area contributed by atoms with Gasteiger partial charge in [0.05, 0.1) is 0 Å². The average Bonchev–Trinajstić information content (AvgIpc) is 2.82. The third-order valence-corrected chi connectivity index (χ3v) is 2.72. The van der Waals surface area contributed by atoms with Gasteiger partial charge in [-0.2, -0.15) is 0 Å².